The largest absolute Gasteiger partial charge is 0.349 e. The molecule has 4 aliphatic heterocycles. The van der Waals surface area contributed by atoms with Crippen LogP contribution in [0.15, 0.2) is 0 Å². The lowest BCUT2D eigenvalue weighted by Gasteiger charge is -2.54. The van der Waals surface area contributed by atoms with Gasteiger partial charge in [0.15, 0.2) is 0 Å². The molecule has 0 radical (unpaired) electrons. The SMILES string of the molecule is CO[C@@]1(C)OC2C[P@@](C(C)(C)C)[C@@H]([C@H]3C4O[C@](C)(OC)[C@@](C)(OC)OC4C[P@]3C(C)(C)C)C2O[C@]1(C)OC. The molecule has 0 aromatic rings. The smallest absolute Gasteiger partial charge is 0.220 e. The van der Waals surface area contributed by atoms with Crippen molar-refractivity contribution in [1.29, 1.82) is 0 Å². The molecule has 10 heteroatoms. The summed E-state index contributed by atoms with van der Waals surface area (Å²) in [5.41, 5.74) is 0.477. The highest BCUT2D eigenvalue weighted by molar-refractivity contribution is 7.65. The molecular weight excluding hydrogens is 526 g/mol. The van der Waals surface area contributed by atoms with Gasteiger partial charge in [-0.05, 0) is 50.3 Å². The van der Waals surface area contributed by atoms with Crippen LogP contribution < -0.4 is 0 Å². The normalized spacial score (nSPS) is 51.6. The molecule has 4 aliphatic rings. The maximum absolute atomic E-state index is 6.99. The van der Waals surface area contributed by atoms with E-state index in [1.54, 1.807) is 28.4 Å². The van der Waals surface area contributed by atoms with Gasteiger partial charge in [-0.3, -0.25) is 0 Å². The average Bonchev–Trinajstić information content (AvgIpc) is 3.36. The van der Waals surface area contributed by atoms with E-state index >= 15 is 0 Å². The predicted octanol–water partition coefficient (Wildman–Crippen LogP) is 5.33. The van der Waals surface area contributed by atoms with Gasteiger partial charge in [-0.25, -0.2) is 0 Å². The second-order valence-electron chi connectivity index (χ2n) is 13.7. The van der Waals surface area contributed by atoms with Gasteiger partial charge in [0, 0.05) is 39.8 Å². The van der Waals surface area contributed by atoms with Crippen LogP contribution in [0, 0.1) is 0 Å². The molecular formula is C28H52O8P2. The summed E-state index contributed by atoms with van der Waals surface area (Å²) < 4.78 is 51.2. The number of ether oxygens (including phenoxy) is 8. The maximum Gasteiger partial charge on any atom is 0.220 e. The Morgan fingerprint density at radius 2 is 0.789 bits per heavy atom. The minimum Gasteiger partial charge on any atom is -0.349 e. The van der Waals surface area contributed by atoms with Crippen molar-refractivity contribution in [3.63, 3.8) is 0 Å². The van der Waals surface area contributed by atoms with Crippen LogP contribution in [0.5, 0.6) is 0 Å². The Bertz CT molecular complexity index is 808. The molecule has 4 rings (SSSR count). The van der Waals surface area contributed by atoms with Gasteiger partial charge in [-0.15, -0.1) is 0 Å². The molecule has 38 heavy (non-hydrogen) atoms. The van der Waals surface area contributed by atoms with Gasteiger partial charge in [0.05, 0.1) is 24.4 Å². The van der Waals surface area contributed by atoms with Crippen molar-refractivity contribution in [2.24, 2.45) is 0 Å². The summed E-state index contributed by atoms with van der Waals surface area (Å²) in [4.78, 5) is 0. The van der Waals surface area contributed by atoms with Gasteiger partial charge in [-0.2, -0.15) is 0 Å². The van der Waals surface area contributed by atoms with E-state index in [4.69, 9.17) is 37.9 Å². The Morgan fingerprint density at radius 3 is 1.03 bits per heavy atom. The summed E-state index contributed by atoms with van der Waals surface area (Å²) in [6, 6.07) is 0. The summed E-state index contributed by atoms with van der Waals surface area (Å²) in [5.74, 6) is -4.12. The van der Waals surface area contributed by atoms with Crippen LogP contribution >= 0.6 is 15.8 Å². The van der Waals surface area contributed by atoms with E-state index in [0.29, 0.717) is 0 Å². The van der Waals surface area contributed by atoms with Gasteiger partial charge in [0.2, 0.25) is 23.1 Å². The second-order valence-corrected chi connectivity index (χ2v) is 20.2. The molecule has 4 saturated heterocycles. The van der Waals surface area contributed by atoms with Crippen LogP contribution in [0.3, 0.4) is 0 Å². The molecule has 0 bridgehead atoms. The van der Waals surface area contributed by atoms with Gasteiger partial charge in [0.25, 0.3) is 0 Å². The van der Waals surface area contributed by atoms with E-state index in [0.717, 1.165) is 12.3 Å². The lowest BCUT2D eigenvalue weighted by Crippen LogP contribution is -2.68. The highest BCUT2D eigenvalue weighted by atomic mass is 31.1. The fourth-order valence-corrected chi connectivity index (χ4v) is 14.8. The zero-order valence-electron chi connectivity index (χ0n) is 26.0. The molecule has 222 valence electrons. The number of hydrogen-bond acceptors (Lipinski definition) is 8. The molecule has 0 spiro atoms. The van der Waals surface area contributed by atoms with Crippen LogP contribution in [-0.2, 0) is 37.9 Å². The summed E-state index contributed by atoms with van der Waals surface area (Å²) >= 11 is 0. The Kier molecular flexibility index (Phi) is 8.34. The van der Waals surface area contributed by atoms with Gasteiger partial charge in [-0.1, -0.05) is 57.4 Å². The number of fused-ring (bicyclic) bond motifs is 2. The molecule has 0 N–H and O–H groups in total. The predicted molar refractivity (Wildman–Crippen MR) is 152 cm³/mol. The van der Waals surface area contributed by atoms with Crippen LogP contribution in [-0.4, -0.2) is 110 Å². The molecule has 0 aromatic carbocycles. The quantitative estimate of drug-likeness (QED) is 0.406. The summed E-state index contributed by atoms with van der Waals surface area (Å²) in [5, 5.41) is 0.185. The van der Waals surface area contributed by atoms with E-state index in [1.807, 2.05) is 27.7 Å². The molecule has 4 heterocycles. The van der Waals surface area contributed by atoms with E-state index in [-0.39, 0.29) is 46.0 Å². The highest BCUT2D eigenvalue weighted by Gasteiger charge is 2.69. The minimum absolute atomic E-state index is 0.0862. The van der Waals surface area contributed by atoms with E-state index in [9.17, 15) is 0 Å². The number of rotatable bonds is 5. The van der Waals surface area contributed by atoms with Crippen molar-refractivity contribution in [3.05, 3.63) is 0 Å². The summed E-state index contributed by atoms with van der Waals surface area (Å²) in [6.07, 6.45) is 1.45. The Morgan fingerprint density at radius 1 is 0.526 bits per heavy atom. The van der Waals surface area contributed by atoms with Crippen LogP contribution in [0.4, 0.5) is 0 Å². The second kappa shape index (κ2) is 10.1. The van der Waals surface area contributed by atoms with Crippen molar-refractivity contribution < 1.29 is 37.9 Å². The van der Waals surface area contributed by atoms with Crippen molar-refractivity contribution in [3.8, 4) is 0 Å². The third kappa shape index (κ3) is 4.75. The third-order valence-corrected chi connectivity index (χ3v) is 17.5. The molecule has 0 amide bonds. The van der Waals surface area contributed by atoms with E-state index in [1.165, 1.54) is 0 Å². The third-order valence-electron chi connectivity index (χ3n) is 9.63. The molecule has 8 nitrogen and oxygen atoms in total. The van der Waals surface area contributed by atoms with Crippen molar-refractivity contribution in [2.75, 3.05) is 40.8 Å². The Hall–Kier alpha value is 0.540. The summed E-state index contributed by atoms with van der Waals surface area (Å²) in [7, 11) is 5.60. The van der Waals surface area contributed by atoms with Gasteiger partial charge >= 0.3 is 0 Å². The van der Waals surface area contributed by atoms with Crippen molar-refractivity contribution in [2.45, 2.75) is 138 Å². The minimum atomic E-state index is -1.05. The Balaban J connectivity index is 1.83. The standard InChI is InChI=1S/C28H52O8P2/c1-23(2,3)37-15-17-19(35-27(9,31-13)25(7,29-11)33-17)21(37)22-20-18(16-38(22)24(4,5)6)34-26(8,30-12)28(10,32-14)36-20/h17-22H,15-16H2,1-14H3/t17?,18?,19?,20?,21-,22-,25+,26+,27+,28+,37-,38+/m1/s1. The first-order valence-corrected chi connectivity index (χ1v) is 17.0. The zero-order chi connectivity index (χ0) is 28.7. The van der Waals surface area contributed by atoms with Crippen LogP contribution in [0.1, 0.15) is 69.2 Å². The summed E-state index contributed by atoms with van der Waals surface area (Å²) in [6.45, 7) is 21.9. The first-order chi connectivity index (χ1) is 17.3. The van der Waals surface area contributed by atoms with E-state index < -0.39 is 39.0 Å². The fourth-order valence-electron chi connectivity index (χ4n) is 6.79. The molecule has 0 aromatic heterocycles. The first-order valence-electron chi connectivity index (χ1n) is 13.8. The molecule has 12 atom stereocenters. The first kappa shape index (κ1) is 31.5. The number of hydrogen-bond donors (Lipinski definition) is 0. The van der Waals surface area contributed by atoms with Crippen LogP contribution in [0.25, 0.3) is 0 Å². The molecule has 4 unspecified atom stereocenters. The molecule has 4 fully saturated rings. The topological polar surface area (TPSA) is 73.8 Å². The van der Waals surface area contributed by atoms with Crippen LogP contribution in [0.2, 0.25) is 0 Å². The average molecular weight is 579 g/mol. The van der Waals surface area contributed by atoms with Gasteiger partial charge in [0.1, 0.15) is 0 Å². The zero-order valence-corrected chi connectivity index (χ0v) is 27.8. The van der Waals surface area contributed by atoms with Gasteiger partial charge < -0.3 is 37.9 Å². The lowest BCUT2D eigenvalue weighted by atomic mass is 9.96. The fraction of sp³-hybridized carbons (Fsp3) is 1.00. The monoisotopic (exact) mass is 578 g/mol. The number of methoxy groups -OCH3 is 4. The molecule has 0 saturated carbocycles. The molecule has 0 aliphatic carbocycles. The lowest BCUT2D eigenvalue weighted by molar-refractivity contribution is -0.448. The van der Waals surface area contributed by atoms with E-state index in [2.05, 4.69) is 41.5 Å². The van der Waals surface area contributed by atoms with Crippen molar-refractivity contribution >= 4 is 15.8 Å². The maximum atomic E-state index is 6.99. The Labute approximate surface area is 232 Å². The van der Waals surface area contributed by atoms with Crippen molar-refractivity contribution in [1.82, 2.24) is 0 Å². The highest BCUT2D eigenvalue weighted by Crippen LogP contribution is 2.73.